The van der Waals surface area contributed by atoms with Crippen LogP contribution in [0.1, 0.15) is 37.1 Å². The van der Waals surface area contributed by atoms with E-state index >= 15 is 0 Å². The Morgan fingerprint density at radius 3 is 2.48 bits per heavy atom. The van der Waals surface area contributed by atoms with Crippen LogP contribution in [0.25, 0.3) is 0 Å². The summed E-state index contributed by atoms with van der Waals surface area (Å²) in [6, 6.07) is 7.39. The molecule has 1 unspecified atom stereocenters. The molecule has 8 heteroatoms. The standard InChI is InChI=1S/C21H25FN4O3/c1-13-3-4-18(12-23-13)24-21(29)25-19-10-16(9-17(22)11-19)14(2)26-7-5-15(6-8-26)20(27)28/h3-4,9-12,14-15H,5-8H2,1-2H3,(H,27,28)(H2,24,25,29). The molecule has 2 aromatic rings. The highest BCUT2D eigenvalue weighted by Gasteiger charge is 2.27. The third-order valence-corrected chi connectivity index (χ3v) is 5.26. The van der Waals surface area contributed by atoms with E-state index in [9.17, 15) is 14.0 Å². The number of halogens is 1. The second-order valence-corrected chi connectivity index (χ2v) is 7.37. The molecule has 0 saturated carbocycles. The van der Waals surface area contributed by atoms with Gasteiger partial charge in [0, 0.05) is 17.4 Å². The van der Waals surface area contributed by atoms with Gasteiger partial charge < -0.3 is 15.7 Å². The lowest BCUT2D eigenvalue weighted by Gasteiger charge is -2.35. The molecule has 1 atom stereocenters. The molecule has 0 spiro atoms. The fraction of sp³-hybridized carbons (Fsp3) is 0.381. The Morgan fingerprint density at radius 1 is 1.17 bits per heavy atom. The zero-order valence-electron chi connectivity index (χ0n) is 16.5. The molecule has 0 bridgehead atoms. The number of piperidine rings is 1. The Kier molecular flexibility index (Phi) is 6.43. The second-order valence-electron chi connectivity index (χ2n) is 7.37. The third-order valence-electron chi connectivity index (χ3n) is 5.26. The molecule has 0 aliphatic carbocycles. The van der Waals surface area contributed by atoms with Gasteiger partial charge in [-0.15, -0.1) is 0 Å². The number of urea groups is 1. The molecule has 29 heavy (non-hydrogen) atoms. The minimum atomic E-state index is -0.760. The molecule has 1 aromatic heterocycles. The van der Waals surface area contributed by atoms with E-state index in [1.54, 1.807) is 24.4 Å². The first-order valence-electron chi connectivity index (χ1n) is 9.60. The van der Waals surface area contributed by atoms with Gasteiger partial charge >= 0.3 is 12.0 Å². The smallest absolute Gasteiger partial charge is 0.323 e. The summed E-state index contributed by atoms with van der Waals surface area (Å²) in [5, 5.41) is 14.5. The molecule has 1 aliphatic rings. The lowest BCUT2D eigenvalue weighted by Crippen LogP contribution is -2.37. The van der Waals surface area contributed by atoms with Gasteiger partial charge in [-0.1, -0.05) is 0 Å². The number of carbonyl (C=O) groups is 2. The van der Waals surface area contributed by atoms with Crippen molar-refractivity contribution in [3.05, 3.63) is 53.6 Å². The van der Waals surface area contributed by atoms with Gasteiger partial charge in [-0.05, 0) is 75.7 Å². The van der Waals surface area contributed by atoms with Crippen molar-refractivity contribution in [1.29, 1.82) is 0 Å². The van der Waals surface area contributed by atoms with Gasteiger partial charge in [-0.2, -0.15) is 0 Å². The maximum atomic E-state index is 14.2. The number of pyridine rings is 1. The Balaban J connectivity index is 1.65. The van der Waals surface area contributed by atoms with Crippen molar-refractivity contribution in [2.45, 2.75) is 32.7 Å². The van der Waals surface area contributed by atoms with Gasteiger partial charge in [0.1, 0.15) is 5.82 Å². The van der Waals surface area contributed by atoms with Gasteiger partial charge in [0.2, 0.25) is 0 Å². The molecule has 0 radical (unpaired) electrons. The molecular weight excluding hydrogens is 375 g/mol. The Morgan fingerprint density at radius 2 is 1.86 bits per heavy atom. The molecular formula is C21H25FN4O3. The van der Waals surface area contributed by atoms with Crippen molar-refractivity contribution in [2.24, 2.45) is 5.92 Å². The van der Waals surface area contributed by atoms with Gasteiger partial charge in [0.05, 0.1) is 17.8 Å². The number of rotatable bonds is 5. The Labute approximate surface area is 168 Å². The SMILES string of the molecule is Cc1ccc(NC(=O)Nc2cc(F)cc(C(C)N3CCC(C(=O)O)CC3)c2)cn1. The topological polar surface area (TPSA) is 94.6 Å². The zero-order valence-corrected chi connectivity index (χ0v) is 16.5. The van der Waals surface area contributed by atoms with Crippen molar-refractivity contribution >= 4 is 23.4 Å². The first-order chi connectivity index (χ1) is 13.8. The summed E-state index contributed by atoms with van der Waals surface area (Å²) in [5.74, 6) is -1.52. The van der Waals surface area contributed by atoms with E-state index < -0.39 is 17.8 Å². The van der Waals surface area contributed by atoms with Crippen LogP contribution in [-0.4, -0.2) is 40.1 Å². The molecule has 1 aliphatic heterocycles. The summed E-state index contributed by atoms with van der Waals surface area (Å²) in [7, 11) is 0. The van der Waals surface area contributed by atoms with Gasteiger partial charge in [-0.3, -0.25) is 14.7 Å². The van der Waals surface area contributed by atoms with Crippen LogP contribution in [0, 0.1) is 18.7 Å². The summed E-state index contributed by atoms with van der Waals surface area (Å²) < 4.78 is 14.2. The van der Waals surface area contributed by atoms with E-state index in [2.05, 4.69) is 20.5 Å². The summed E-state index contributed by atoms with van der Waals surface area (Å²) in [4.78, 5) is 29.6. The quantitative estimate of drug-likeness (QED) is 0.704. The largest absolute Gasteiger partial charge is 0.481 e. The first-order valence-corrected chi connectivity index (χ1v) is 9.60. The van der Waals surface area contributed by atoms with Crippen molar-refractivity contribution in [1.82, 2.24) is 9.88 Å². The highest BCUT2D eigenvalue weighted by Crippen LogP contribution is 2.29. The minimum absolute atomic E-state index is 0.0923. The molecule has 1 aromatic carbocycles. The number of amides is 2. The number of benzene rings is 1. The first kappa shape index (κ1) is 20.7. The molecule has 1 fully saturated rings. The number of carbonyl (C=O) groups excluding carboxylic acids is 1. The molecule has 3 N–H and O–H groups in total. The number of anilines is 2. The van der Waals surface area contributed by atoms with Gasteiger partial charge in [0.15, 0.2) is 0 Å². The van der Waals surface area contributed by atoms with Crippen LogP contribution in [0.2, 0.25) is 0 Å². The highest BCUT2D eigenvalue weighted by molar-refractivity contribution is 5.99. The van der Waals surface area contributed by atoms with Crippen molar-refractivity contribution in [3.63, 3.8) is 0 Å². The van der Waals surface area contributed by atoms with Crippen LogP contribution in [0.4, 0.5) is 20.6 Å². The van der Waals surface area contributed by atoms with Crippen molar-refractivity contribution in [2.75, 3.05) is 23.7 Å². The van der Waals surface area contributed by atoms with E-state index in [0.717, 1.165) is 11.3 Å². The van der Waals surface area contributed by atoms with Crippen LogP contribution in [0.3, 0.4) is 0 Å². The Hall–Kier alpha value is -3.00. The van der Waals surface area contributed by atoms with Crippen LogP contribution >= 0.6 is 0 Å². The highest BCUT2D eigenvalue weighted by atomic mass is 19.1. The molecule has 3 rings (SSSR count). The van der Waals surface area contributed by atoms with Crippen molar-refractivity contribution in [3.8, 4) is 0 Å². The lowest BCUT2D eigenvalue weighted by molar-refractivity contribution is -0.143. The number of likely N-dealkylation sites (tertiary alicyclic amines) is 1. The zero-order chi connectivity index (χ0) is 21.0. The predicted molar refractivity (Wildman–Crippen MR) is 108 cm³/mol. The molecule has 1 saturated heterocycles. The van der Waals surface area contributed by atoms with E-state index in [1.807, 2.05) is 13.8 Å². The fourth-order valence-electron chi connectivity index (χ4n) is 3.51. The van der Waals surface area contributed by atoms with Crippen LogP contribution < -0.4 is 10.6 Å². The Bertz CT molecular complexity index is 880. The summed E-state index contributed by atoms with van der Waals surface area (Å²) in [5.41, 5.74) is 2.46. The van der Waals surface area contributed by atoms with Gasteiger partial charge in [0.25, 0.3) is 0 Å². The minimum Gasteiger partial charge on any atom is -0.481 e. The number of aliphatic carboxylic acids is 1. The normalized spacial score (nSPS) is 16.2. The van der Waals surface area contributed by atoms with E-state index in [0.29, 0.717) is 37.3 Å². The summed E-state index contributed by atoms with van der Waals surface area (Å²) in [6.07, 6.45) is 2.70. The maximum absolute atomic E-state index is 14.2. The maximum Gasteiger partial charge on any atom is 0.323 e. The molecule has 2 heterocycles. The lowest BCUT2D eigenvalue weighted by atomic mass is 9.94. The number of nitrogens with zero attached hydrogens (tertiary/aromatic N) is 2. The second kappa shape index (κ2) is 9.00. The fourth-order valence-corrected chi connectivity index (χ4v) is 3.51. The number of hydrogen-bond acceptors (Lipinski definition) is 4. The predicted octanol–water partition coefficient (Wildman–Crippen LogP) is 4.03. The average molecular weight is 400 g/mol. The molecule has 7 nitrogen and oxygen atoms in total. The number of nitrogens with one attached hydrogen (secondary N) is 2. The van der Waals surface area contributed by atoms with E-state index in [4.69, 9.17) is 5.11 Å². The van der Waals surface area contributed by atoms with Crippen molar-refractivity contribution < 1.29 is 19.1 Å². The summed E-state index contributed by atoms with van der Waals surface area (Å²) in [6.45, 7) is 5.08. The number of carboxylic acids is 1. The summed E-state index contributed by atoms with van der Waals surface area (Å²) >= 11 is 0. The number of hydrogen-bond donors (Lipinski definition) is 3. The average Bonchev–Trinajstić information content (AvgIpc) is 2.68. The number of carboxylic acid groups (broad SMARTS) is 1. The molecule has 154 valence electrons. The number of aromatic nitrogens is 1. The van der Waals surface area contributed by atoms with Crippen LogP contribution in [-0.2, 0) is 4.79 Å². The van der Waals surface area contributed by atoms with Crippen LogP contribution in [0.5, 0.6) is 0 Å². The molecule has 2 amide bonds. The van der Waals surface area contributed by atoms with Crippen LogP contribution in [0.15, 0.2) is 36.5 Å². The monoisotopic (exact) mass is 400 g/mol. The van der Waals surface area contributed by atoms with E-state index in [-0.39, 0.29) is 12.0 Å². The van der Waals surface area contributed by atoms with E-state index in [1.165, 1.54) is 12.1 Å². The number of aryl methyl sites for hydroxylation is 1. The third kappa shape index (κ3) is 5.51. The van der Waals surface area contributed by atoms with Gasteiger partial charge in [-0.25, -0.2) is 9.18 Å².